The lowest BCUT2D eigenvalue weighted by molar-refractivity contribution is -0.114. The first-order valence-electron chi connectivity index (χ1n) is 7.79. The van der Waals surface area contributed by atoms with Crippen molar-refractivity contribution in [1.29, 1.82) is 0 Å². The van der Waals surface area contributed by atoms with Crippen molar-refractivity contribution in [3.05, 3.63) is 58.6 Å². The molecule has 0 atom stereocenters. The highest BCUT2D eigenvalue weighted by atomic mass is 35.5. The van der Waals surface area contributed by atoms with E-state index in [0.717, 1.165) is 17.3 Å². The fourth-order valence-corrected chi connectivity index (χ4v) is 3.41. The molecular formula is C18H16ClN3O3S. The lowest BCUT2D eigenvalue weighted by atomic mass is 10.1. The van der Waals surface area contributed by atoms with Gasteiger partial charge in [0.05, 0.1) is 12.3 Å². The third kappa shape index (κ3) is 4.36. The van der Waals surface area contributed by atoms with Gasteiger partial charge in [-0.25, -0.2) is 5.01 Å². The quantitative estimate of drug-likeness (QED) is 0.825. The zero-order valence-corrected chi connectivity index (χ0v) is 15.5. The predicted octanol–water partition coefficient (Wildman–Crippen LogP) is 4.08. The van der Waals surface area contributed by atoms with Crippen LogP contribution in [0, 0.1) is 0 Å². The Bertz CT molecular complexity index is 901. The van der Waals surface area contributed by atoms with Gasteiger partial charge in [0, 0.05) is 29.0 Å². The van der Waals surface area contributed by atoms with Crippen LogP contribution in [0.5, 0.6) is 5.75 Å². The number of hydrazone groups is 1. The van der Waals surface area contributed by atoms with Crippen LogP contribution >= 0.6 is 23.4 Å². The summed E-state index contributed by atoms with van der Waals surface area (Å²) in [5.74, 6) is 0.258. The number of phenolic OH excluding ortho intramolecular Hbond substituents is 1. The fourth-order valence-electron chi connectivity index (χ4n) is 2.51. The molecule has 0 aromatic heterocycles. The number of hydrogen-bond acceptors (Lipinski definition) is 5. The molecule has 3 rings (SSSR count). The molecule has 134 valence electrons. The molecule has 2 amide bonds. The summed E-state index contributed by atoms with van der Waals surface area (Å²) in [5, 5.41) is 18.8. The van der Waals surface area contributed by atoms with E-state index in [-0.39, 0.29) is 23.4 Å². The summed E-state index contributed by atoms with van der Waals surface area (Å²) in [6.45, 7) is 1.69. The van der Waals surface area contributed by atoms with Crippen LogP contribution in [0.3, 0.4) is 0 Å². The summed E-state index contributed by atoms with van der Waals surface area (Å²) >= 11 is 7.11. The van der Waals surface area contributed by atoms with Crippen LogP contribution in [0.25, 0.3) is 0 Å². The molecule has 0 spiro atoms. The smallest absolute Gasteiger partial charge is 0.302 e. The van der Waals surface area contributed by atoms with Gasteiger partial charge in [-0.15, -0.1) is 0 Å². The minimum atomic E-state index is -0.180. The Morgan fingerprint density at radius 1 is 1.35 bits per heavy atom. The summed E-state index contributed by atoms with van der Waals surface area (Å²) < 4.78 is 0. The summed E-state index contributed by atoms with van der Waals surface area (Å²) in [5.41, 5.74) is 2.57. The largest absolute Gasteiger partial charge is 0.507 e. The minimum Gasteiger partial charge on any atom is -0.507 e. The van der Waals surface area contributed by atoms with Gasteiger partial charge in [-0.1, -0.05) is 35.5 Å². The van der Waals surface area contributed by atoms with E-state index in [4.69, 9.17) is 11.6 Å². The molecular weight excluding hydrogens is 374 g/mol. The van der Waals surface area contributed by atoms with Crippen molar-refractivity contribution in [2.75, 3.05) is 11.1 Å². The Morgan fingerprint density at radius 2 is 2.15 bits per heavy atom. The van der Waals surface area contributed by atoms with Gasteiger partial charge in [0.2, 0.25) is 5.91 Å². The van der Waals surface area contributed by atoms with E-state index in [9.17, 15) is 14.7 Å². The van der Waals surface area contributed by atoms with Crippen molar-refractivity contribution in [2.45, 2.75) is 13.5 Å². The van der Waals surface area contributed by atoms with Crippen molar-refractivity contribution in [1.82, 2.24) is 5.01 Å². The van der Waals surface area contributed by atoms with E-state index in [2.05, 4.69) is 10.4 Å². The molecule has 2 aromatic carbocycles. The van der Waals surface area contributed by atoms with Crippen molar-refractivity contribution in [3.63, 3.8) is 0 Å². The second kappa shape index (κ2) is 7.80. The number of carbonyl (C=O) groups excluding carboxylic acids is 2. The molecule has 2 aromatic rings. The minimum absolute atomic E-state index is 0.0655. The Morgan fingerprint density at radius 3 is 2.92 bits per heavy atom. The summed E-state index contributed by atoms with van der Waals surface area (Å²) in [4.78, 5) is 23.4. The first-order chi connectivity index (χ1) is 12.4. The second-order valence-corrected chi connectivity index (χ2v) is 7.06. The molecule has 0 bridgehead atoms. The van der Waals surface area contributed by atoms with Gasteiger partial charge < -0.3 is 10.4 Å². The number of nitrogens with one attached hydrogen (secondary N) is 1. The molecule has 0 saturated carbocycles. The van der Waals surface area contributed by atoms with Crippen LogP contribution in [0.2, 0.25) is 5.02 Å². The number of nitrogens with zero attached hydrogens (tertiary/aromatic N) is 2. The summed E-state index contributed by atoms with van der Waals surface area (Å²) in [7, 11) is 0. The van der Waals surface area contributed by atoms with Crippen LogP contribution in [-0.4, -0.2) is 32.7 Å². The van der Waals surface area contributed by atoms with E-state index < -0.39 is 0 Å². The van der Waals surface area contributed by atoms with Gasteiger partial charge in [-0.05, 0) is 35.9 Å². The molecule has 1 heterocycles. The number of halogens is 1. The van der Waals surface area contributed by atoms with Crippen molar-refractivity contribution >= 4 is 45.9 Å². The standard InChI is InChI=1S/C18H16ClN3O3S/c1-11(23)20-14-4-2-3-12(7-14)9-22-18(25)26-10-16(21-22)15-8-13(19)5-6-17(15)24/h2-8,24H,9-10H2,1H3,(H,20,23). The van der Waals surface area contributed by atoms with Crippen molar-refractivity contribution in [2.24, 2.45) is 5.10 Å². The van der Waals surface area contributed by atoms with E-state index in [1.807, 2.05) is 6.07 Å². The van der Waals surface area contributed by atoms with Crippen LogP contribution in [0.1, 0.15) is 18.1 Å². The van der Waals surface area contributed by atoms with Crippen LogP contribution in [0.15, 0.2) is 47.6 Å². The van der Waals surface area contributed by atoms with Gasteiger partial charge in [-0.3, -0.25) is 9.59 Å². The molecule has 0 unspecified atom stereocenters. The zero-order chi connectivity index (χ0) is 18.7. The first kappa shape index (κ1) is 18.3. The van der Waals surface area contributed by atoms with Gasteiger partial charge in [0.1, 0.15) is 5.75 Å². The van der Waals surface area contributed by atoms with E-state index >= 15 is 0 Å². The monoisotopic (exact) mass is 389 g/mol. The summed E-state index contributed by atoms with van der Waals surface area (Å²) in [6, 6.07) is 11.9. The van der Waals surface area contributed by atoms with Crippen molar-refractivity contribution in [3.8, 4) is 5.75 Å². The van der Waals surface area contributed by atoms with E-state index in [1.165, 1.54) is 18.0 Å². The van der Waals surface area contributed by atoms with E-state index in [1.54, 1.807) is 30.3 Å². The van der Waals surface area contributed by atoms with Gasteiger partial charge in [0.15, 0.2) is 0 Å². The Kier molecular flexibility index (Phi) is 5.49. The molecule has 26 heavy (non-hydrogen) atoms. The number of thioether (sulfide) groups is 1. The molecule has 1 aliphatic heterocycles. The highest BCUT2D eigenvalue weighted by Gasteiger charge is 2.24. The van der Waals surface area contributed by atoms with Crippen LogP contribution < -0.4 is 5.32 Å². The fraction of sp³-hybridized carbons (Fsp3) is 0.167. The molecule has 1 aliphatic rings. The predicted molar refractivity (Wildman–Crippen MR) is 104 cm³/mol. The maximum atomic E-state index is 12.2. The molecule has 8 heteroatoms. The SMILES string of the molecule is CC(=O)Nc1cccc(CN2N=C(c3cc(Cl)ccc3O)CSC2=O)c1. The molecule has 0 aliphatic carbocycles. The number of aromatic hydroxyl groups is 1. The number of amides is 2. The Balaban J connectivity index is 1.86. The highest BCUT2D eigenvalue weighted by molar-refractivity contribution is 8.14. The average Bonchev–Trinajstić information content (AvgIpc) is 2.59. The lowest BCUT2D eigenvalue weighted by Crippen LogP contribution is -2.29. The molecule has 0 saturated heterocycles. The van der Waals surface area contributed by atoms with Crippen LogP contribution in [-0.2, 0) is 11.3 Å². The number of phenols is 1. The third-order valence-electron chi connectivity index (χ3n) is 3.63. The number of carbonyl (C=O) groups is 2. The summed E-state index contributed by atoms with van der Waals surface area (Å²) in [6.07, 6.45) is 0. The van der Waals surface area contributed by atoms with Crippen molar-refractivity contribution < 1.29 is 14.7 Å². The molecule has 6 nitrogen and oxygen atoms in total. The first-order valence-corrected chi connectivity index (χ1v) is 9.16. The van der Waals surface area contributed by atoms with Crippen LogP contribution in [0.4, 0.5) is 10.5 Å². The third-order valence-corrected chi connectivity index (χ3v) is 4.74. The highest BCUT2D eigenvalue weighted by Crippen LogP contribution is 2.28. The normalized spacial score (nSPS) is 14.2. The molecule has 2 N–H and O–H groups in total. The Hall–Kier alpha value is -2.51. The van der Waals surface area contributed by atoms with E-state index in [0.29, 0.717) is 27.7 Å². The maximum absolute atomic E-state index is 12.2. The maximum Gasteiger partial charge on any atom is 0.302 e. The number of anilines is 1. The second-order valence-electron chi connectivity index (χ2n) is 5.70. The zero-order valence-electron chi connectivity index (χ0n) is 13.9. The number of hydrogen-bond donors (Lipinski definition) is 2. The van der Waals surface area contributed by atoms with Gasteiger partial charge in [0.25, 0.3) is 0 Å². The van der Waals surface area contributed by atoms with Gasteiger partial charge >= 0.3 is 5.24 Å². The Labute approximate surface area is 159 Å². The topological polar surface area (TPSA) is 82.0 Å². The number of benzene rings is 2. The van der Waals surface area contributed by atoms with Gasteiger partial charge in [-0.2, -0.15) is 5.10 Å². The molecule has 0 radical (unpaired) electrons. The lowest BCUT2D eigenvalue weighted by Gasteiger charge is -2.23. The molecule has 0 fully saturated rings. The number of rotatable bonds is 4. The average molecular weight is 390 g/mol.